The van der Waals surface area contributed by atoms with Crippen LogP contribution in [0.25, 0.3) is 0 Å². The van der Waals surface area contributed by atoms with Crippen molar-refractivity contribution in [3.8, 4) is 5.88 Å². The van der Waals surface area contributed by atoms with Crippen molar-refractivity contribution in [2.75, 3.05) is 18.5 Å². The molecule has 0 saturated heterocycles. The van der Waals surface area contributed by atoms with E-state index >= 15 is 0 Å². The van der Waals surface area contributed by atoms with Gasteiger partial charge in [-0.15, -0.1) is 0 Å². The Labute approximate surface area is 144 Å². The van der Waals surface area contributed by atoms with Gasteiger partial charge in [0.25, 0.3) is 11.8 Å². The van der Waals surface area contributed by atoms with Crippen molar-refractivity contribution in [3.63, 3.8) is 0 Å². The van der Waals surface area contributed by atoms with Crippen molar-refractivity contribution in [3.05, 3.63) is 40.2 Å². The highest BCUT2D eigenvalue weighted by atomic mass is 32.1. The second-order valence-electron chi connectivity index (χ2n) is 5.69. The fraction of sp³-hybridized carbons (Fsp3) is 0.353. The first-order valence-electron chi connectivity index (χ1n) is 7.83. The van der Waals surface area contributed by atoms with Crippen LogP contribution in [0.15, 0.2) is 29.1 Å². The van der Waals surface area contributed by atoms with Crippen LogP contribution in [0.3, 0.4) is 0 Å². The number of rotatable bonds is 5. The third-order valence-electron chi connectivity index (χ3n) is 3.96. The van der Waals surface area contributed by atoms with Gasteiger partial charge in [0.05, 0.1) is 5.56 Å². The van der Waals surface area contributed by atoms with Crippen LogP contribution in [0.5, 0.6) is 5.88 Å². The van der Waals surface area contributed by atoms with E-state index < -0.39 is 0 Å². The van der Waals surface area contributed by atoms with E-state index in [9.17, 15) is 9.59 Å². The molecule has 2 aromatic heterocycles. The summed E-state index contributed by atoms with van der Waals surface area (Å²) in [6.45, 7) is 4.55. The van der Waals surface area contributed by atoms with Gasteiger partial charge in [0.15, 0.2) is 6.61 Å². The molecule has 0 fully saturated rings. The van der Waals surface area contributed by atoms with E-state index in [1.165, 1.54) is 11.8 Å². The highest BCUT2D eigenvalue weighted by molar-refractivity contribution is 7.07. The number of fused-ring (bicyclic) bond motifs is 1. The average molecular weight is 345 g/mol. The molecule has 2 aromatic rings. The number of hydrogen-bond acceptors (Lipinski definition) is 5. The topological polar surface area (TPSA) is 71.5 Å². The molecular weight excluding hydrogens is 326 g/mol. The first-order valence-corrected chi connectivity index (χ1v) is 8.77. The zero-order valence-electron chi connectivity index (χ0n) is 13.6. The Hall–Kier alpha value is -2.41. The Balaban J connectivity index is 1.78. The molecule has 0 radical (unpaired) electrons. The van der Waals surface area contributed by atoms with E-state index in [0.717, 1.165) is 6.42 Å². The maximum atomic E-state index is 12.8. The molecule has 126 valence electrons. The highest BCUT2D eigenvalue weighted by Gasteiger charge is 2.24. The number of aromatic nitrogens is 1. The quantitative estimate of drug-likeness (QED) is 0.904. The SMILES string of the molecule is CCN(C(=O)c1cnc2c(c1)NC(=O)CO2)[C@H](C)Cc1ccsc1. The Bertz CT molecular complexity index is 746. The van der Waals surface area contributed by atoms with E-state index in [1.54, 1.807) is 17.4 Å². The number of carbonyl (C=O) groups excluding carboxylic acids is 2. The molecule has 2 amide bonds. The molecule has 3 heterocycles. The largest absolute Gasteiger partial charge is 0.466 e. The highest BCUT2D eigenvalue weighted by Crippen LogP contribution is 2.26. The lowest BCUT2D eigenvalue weighted by molar-refractivity contribution is -0.118. The first kappa shape index (κ1) is 16.4. The summed E-state index contributed by atoms with van der Waals surface area (Å²) in [6, 6.07) is 3.77. The summed E-state index contributed by atoms with van der Waals surface area (Å²) >= 11 is 1.65. The minimum absolute atomic E-state index is 0.0496. The van der Waals surface area contributed by atoms with Gasteiger partial charge >= 0.3 is 0 Å². The minimum atomic E-state index is -0.243. The molecule has 6 nitrogen and oxygen atoms in total. The number of hydrogen-bond donors (Lipinski definition) is 1. The van der Waals surface area contributed by atoms with Crippen LogP contribution >= 0.6 is 11.3 Å². The monoisotopic (exact) mass is 345 g/mol. The van der Waals surface area contributed by atoms with Crippen molar-refractivity contribution in [1.29, 1.82) is 0 Å². The summed E-state index contributed by atoms with van der Waals surface area (Å²) in [5.74, 6) is 0.00273. The molecule has 1 aliphatic heterocycles. The van der Waals surface area contributed by atoms with Gasteiger partial charge in [-0.2, -0.15) is 11.3 Å². The van der Waals surface area contributed by atoms with Crippen LogP contribution in [0.4, 0.5) is 5.69 Å². The zero-order chi connectivity index (χ0) is 17.1. The van der Waals surface area contributed by atoms with Gasteiger partial charge < -0.3 is 15.0 Å². The van der Waals surface area contributed by atoms with Crippen molar-refractivity contribution in [2.45, 2.75) is 26.3 Å². The molecule has 0 unspecified atom stereocenters. The number of ether oxygens (including phenoxy) is 1. The van der Waals surface area contributed by atoms with Gasteiger partial charge in [0, 0.05) is 18.8 Å². The van der Waals surface area contributed by atoms with Gasteiger partial charge in [-0.3, -0.25) is 9.59 Å². The lowest BCUT2D eigenvalue weighted by atomic mass is 10.1. The summed E-state index contributed by atoms with van der Waals surface area (Å²) in [5, 5.41) is 6.82. The number of thiophene rings is 1. The van der Waals surface area contributed by atoms with E-state index in [4.69, 9.17) is 4.74 Å². The van der Waals surface area contributed by atoms with Crippen LogP contribution in [0.2, 0.25) is 0 Å². The average Bonchev–Trinajstić information content (AvgIpc) is 3.07. The third kappa shape index (κ3) is 3.41. The number of anilines is 1. The van der Waals surface area contributed by atoms with Crippen LogP contribution in [-0.2, 0) is 11.2 Å². The fourth-order valence-corrected chi connectivity index (χ4v) is 3.46. The predicted octanol–water partition coefficient (Wildman–Crippen LogP) is 2.57. The zero-order valence-corrected chi connectivity index (χ0v) is 14.4. The molecular formula is C17H19N3O3S. The van der Waals surface area contributed by atoms with Crippen LogP contribution < -0.4 is 10.1 Å². The molecule has 1 aliphatic rings. The van der Waals surface area contributed by atoms with Gasteiger partial charge in [-0.25, -0.2) is 4.98 Å². The molecule has 7 heteroatoms. The standard InChI is InChI=1S/C17H19N3O3S/c1-3-20(11(2)6-12-4-5-24-10-12)17(22)13-7-14-16(18-8-13)23-9-15(21)19-14/h4-5,7-8,10-11H,3,6,9H2,1-2H3,(H,19,21)/t11-/m1/s1. The Morgan fingerprint density at radius 2 is 2.38 bits per heavy atom. The summed E-state index contributed by atoms with van der Waals surface area (Å²) in [6.07, 6.45) is 2.31. The van der Waals surface area contributed by atoms with E-state index in [1.807, 2.05) is 24.1 Å². The maximum Gasteiger partial charge on any atom is 0.262 e. The number of nitrogens with one attached hydrogen (secondary N) is 1. The normalized spacial score (nSPS) is 14.3. The number of likely N-dealkylation sites (N-methyl/N-ethyl adjacent to an activating group) is 1. The van der Waals surface area contributed by atoms with Gasteiger partial charge in [-0.05, 0) is 48.7 Å². The molecule has 0 aromatic carbocycles. The van der Waals surface area contributed by atoms with Gasteiger partial charge in [0.2, 0.25) is 5.88 Å². The second-order valence-corrected chi connectivity index (χ2v) is 6.47. The molecule has 0 saturated carbocycles. The summed E-state index contributed by atoms with van der Waals surface area (Å²) in [5.41, 5.74) is 2.11. The lowest BCUT2D eigenvalue weighted by Gasteiger charge is -2.28. The molecule has 0 aliphatic carbocycles. The lowest BCUT2D eigenvalue weighted by Crippen LogP contribution is -2.39. The summed E-state index contributed by atoms with van der Waals surface area (Å²) in [4.78, 5) is 30.2. The molecule has 1 atom stereocenters. The van der Waals surface area contributed by atoms with Crippen molar-refractivity contribution in [2.24, 2.45) is 0 Å². The van der Waals surface area contributed by atoms with Gasteiger partial charge in [-0.1, -0.05) is 0 Å². The Morgan fingerprint density at radius 3 is 3.08 bits per heavy atom. The van der Waals surface area contributed by atoms with E-state index in [-0.39, 0.29) is 24.5 Å². The summed E-state index contributed by atoms with van der Waals surface area (Å²) in [7, 11) is 0. The van der Waals surface area contributed by atoms with Crippen molar-refractivity contribution < 1.29 is 14.3 Å². The third-order valence-corrected chi connectivity index (χ3v) is 4.69. The smallest absolute Gasteiger partial charge is 0.262 e. The number of pyridine rings is 1. The predicted molar refractivity (Wildman–Crippen MR) is 92.6 cm³/mol. The van der Waals surface area contributed by atoms with Crippen LogP contribution in [0, 0.1) is 0 Å². The molecule has 1 N–H and O–H groups in total. The summed E-state index contributed by atoms with van der Waals surface area (Å²) < 4.78 is 5.23. The molecule has 0 spiro atoms. The second kappa shape index (κ2) is 7.00. The Kier molecular flexibility index (Phi) is 4.80. The van der Waals surface area contributed by atoms with Crippen LogP contribution in [0.1, 0.15) is 29.8 Å². The van der Waals surface area contributed by atoms with Gasteiger partial charge in [0.1, 0.15) is 5.69 Å². The first-order chi connectivity index (χ1) is 11.6. The maximum absolute atomic E-state index is 12.8. The van der Waals surface area contributed by atoms with Crippen molar-refractivity contribution >= 4 is 28.8 Å². The van der Waals surface area contributed by atoms with Crippen LogP contribution in [-0.4, -0.2) is 40.9 Å². The Morgan fingerprint density at radius 1 is 1.54 bits per heavy atom. The molecule has 3 rings (SSSR count). The number of carbonyl (C=O) groups is 2. The number of nitrogens with zero attached hydrogens (tertiary/aromatic N) is 2. The molecule has 0 bridgehead atoms. The number of amides is 2. The molecule has 24 heavy (non-hydrogen) atoms. The minimum Gasteiger partial charge on any atom is -0.466 e. The fourth-order valence-electron chi connectivity index (χ4n) is 2.78. The van der Waals surface area contributed by atoms with E-state index in [0.29, 0.717) is 23.7 Å². The van der Waals surface area contributed by atoms with Crippen molar-refractivity contribution in [1.82, 2.24) is 9.88 Å². The van der Waals surface area contributed by atoms with E-state index in [2.05, 4.69) is 21.7 Å².